The van der Waals surface area contributed by atoms with Crippen molar-refractivity contribution in [2.45, 2.75) is 38.8 Å². The Balaban J connectivity index is 2.30. The Hall–Kier alpha value is -1.36. The summed E-state index contributed by atoms with van der Waals surface area (Å²) in [4.78, 5) is 27.0. The quantitative estimate of drug-likeness (QED) is 0.909. The van der Waals surface area contributed by atoms with Crippen molar-refractivity contribution in [2.24, 2.45) is 0 Å². The molecule has 0 bridgehead atoms. The van der Waals surface area contributed by atoms with Crippen molar-refractivity contribution in [3.63, 3.8) is 0 Å². The average molecular weight is 266 g/mol. The van der Waals surface area contributed by atoms with Gasteiger partial charge in [-0.15, -0.1) is 11.3 Å². The summed E-state index contributed by atoms with van der Waals surface area (Å²) in [5.41, 5.74) is -0.806. The van der Waals surface area contributed by atoms with Gasteiger partial charge in [0.2, 0.25) is 11.8 Å². The highest BCUT2D eigenvalue weighted by atomic mass is 32.1. The van der Waals surface area contributed by atoms with Crippen LogP contribution < -0.4 is 5.32 Å². The first-order valence-electron chi connectivity index (χ1n) is 6.11. The van der Waals surface area contributed by atoms with Gasteiger partial charge in [0.15, 0.2) is 0 Å². The third kappa shape index (κ3) is 2.27. The number of nitrogens with one attached hydrogen (secondary N) is 1. The first kappa shape index (κ1) is 13.1. The molecule has 18 heavy (non-hydrogen) atoms. The number of rotatable bonds is 3. The van der Waals surface area contributed by atoms with Crippen LogP contribution in [0.2, 0.25) is 0 Å². The Morgan fingerprint density at radius 1 is 1.50 bits per heavy atom. The molecule has 2 amide bonds. The van der Waals surface area contributed by atoms with E-state index in [0.717, 1.165) is 11.3 Å². The second-order valence-corrected chi connectivity index (χ2v) is 6.02. The molecular weight excluding hydrogens is 248 g/mol. The fourth-order valence-electron chi connectivity index (χ4n) is 2.33. The number of piperazine rings is 1. The Kier molecular flexibility index (Phi) is 3.43. The minimum absolute atomic E-state index is 0.00262. The lowest BCUT2D eigenvalue weighted by Gasteiger charge is -2.41. The Morgan fingerprint density at radius 3 is 2.78 bits per heavy atom. The van der Waals surface area contributed by atoms with E-state index in [1.807, 2.05) is 24.4 Å². The van der Waals surface area contributed by atoms with Gasteiger partial charge in [0, 0.05) is 4.88 Å². The molecule has 0 spiro atoms. The van der Waals surface area contributed by atoms with Gasteiger partial charge in [-0.3, -0.25) is 9.59 Å². The Morgan fingerprint density at radius 2 is 2.22 bits per heavy atom. The second-order valence-electron chi connectivity index (χ2n) is 5.05. The zero-order valence-electron chi connectivity index (χ0n) is 10.9. The van der Waals surface area contributed by atoms with E-state index in [4.69, 9.17) is 0 Å². The molecule has 1 fully saturated rings. The fraction of sp³-hybridized carbons (Fsp3) is 0.538. The van der Waals surface area contributed by atoms with Crippen molar-refractivity contribution in [1.82, 2.24) is 10.2 Å². The topological polar surface area (TPSA) is 49.4 Å². The second kappa shape index (κ2) is 4.72. The summed E-state index contributed by atoms with van der Waals surface area (Å²) < 4.78 is 0. The Bertz CT molecular complexity index is 454. The van der Waals surface area contributed by atoms with Gasteiger partial charge in [-0.25, -0.2) is 0 Å². The van der Waals surface area contributed by atoms with Gasteiger partial charge in [0.05, 0.1) is 6.04 Å². The van der Waals surface area contributed by atoms with E-state index in [-0.39, 0.29) is 24.4 Å². The van der Waals surface area contributed by atoms with Crippen molar-refractivity contribution >= 4 is 23.2 Å². The van der Waals surface area contributed by atoms with E-state index in [2.05, 4.69) is 5.32 Å². The summed E-state index contributed by atoms with van der Waals surface area (Å²) in [6.45, 7) is 5.69. The van der Waals surface area contributed by atoms with Gasteiger partial charge in [0.1, 0.15) is 12.1 Å². The van der Waals surface area contributed by atoms with Gasteiger partial charge >= 0.3 is 0 Å². The van der Waals surface area contributed by atoms with Crippen molar-refractivity contribution < 1.29 is 9.59 Å². The van der Waals surface area contributed by atoms with Crippen LogP contribution in [-0.2, 0) is 9.59 Å². The number of hydrogen-bond donors (Lipinski definition) is 1. The van der Waals surface area contributed by atoms with Crippen molar-refractivity contribution in [3.8, 4) is 0 Å². The maximum atomic E-state index is 12.4. The van der Waals surface area contributed by atoms with Gasteiger partial charge in [-0.2, -0.15) is 0 Å². The molecule has 1 unspecified atom stereocenters. The lowest BCUT2D eigenvalue weighted by atomic mass is 9.98. The summed E-state index contributed by atoms with van der Waals surface area (Å²) in [7, 11) is 0. The zero-order chi connectivity index (χ0) is 13.3. The highest BCUT2D eigenvalue weighted by Crippen LogP contribution is 2.31. The lowest BCUT2D eigenvalue weighted by molar-refractivity contribution is -0.151. The van der Waals surface area contributed by atoms with Gasteiger partial charge < -0.3 is 10.2 Å². The van der Waals surface area contributed by atoms with Gasteiger partial charge in [-0.05, 0) is 31.7 Å². The highest BCUT2D eigenvalue weighted by molar-refractivity contribution is 7.10. The van der Waals surface area contributed by atoms with Crippen LogP contribution in [0.5, 0.6) is 0 Å². The summed E-state index contributed by atoms with van der Waals surface area (Å²) in [5.74, 6) is -0.100. The van der Waals surface area contributed by atoms with Crippen LogP contribution in [0.15, 0.2) is 17.5 Å². The van der Waals surface area contributed by atoms with E-state index in [9.17, 15) is 9.59 Å². The number of carbonyl (C=O) groups excluding carboxylic acids is 2. The molecule has 0 aromatic carbocycles. The molecule has 0 radical (unpaired) electrons. The smallest absolute Gasteiger partial charge is 0.248 e. The largest absolute Gasteiger partial charge is 0.341 e. The third-order valence-electron chi connectivity index (χ3n) is 3.20. The molecule has 5 heteroatoms. The van der Waals surface area contributed by atoms with Crippen LogP contribution in [-0.4, -0.2) is 28.8 Å². The predicted octanol–water partition coefficient (Wildman–Crippen LogP) is 1.94. The maximum absolute atomic E-state index is 12.4. The number of carbonyl (C=O) groups is 2. The molecule has 4 nitrogen and oxygen atoms in total. The number of hydrogen-bond acceptors (Lipinski definition) is 3. The molecule has 1 aliphatic rings. The fourth-order valence-corrected chi connectivity index (χ4v) is 3.26. The predicted molar refractivity (Wildman–Crippen MR) is 71.3 cm³/mol. The molecule has 1 atom stereocenters. The molecule has 2 heterocycles. The summed E-state index contributed by atoms with van der Waals surface area (Å²) >= 11 is 1.63. The summed E-state index contributed by atoms with van der Waals surface area (Å²) in [6, 6.07) is 4.00. The minimum atomic E-state index is -0.806. The van der Waals surface area contributed by atoms with E-state index in [0.29, 0.717) is 0 Å². The molecule has 0 aliphatic carbocycles. The molecule has 98 valence electrons. The van der Waals surface area contributed by atoms with Crippen LogP contribution >= 0.6 is 11.3 Å². The van der Waals surface area contributed by atoms with Crippen LogP contribution in [0.1, 0.15) is 38.1 Å². The first-order chi connectivity index (χ1) is 8.45. The molecule has 2 rings (SSSR count). The summed E-state index contributed by atoms with van der Waals surface area (Å²) in [5, 5.41) is 4.73. The van der Waals surface area contributed by atoms with Gasteiger partial charge in [0.25, 0.3) is 0 Å². The van der Waals surface area contributed by atoms with Crippen LogP contribution in [0.4, 0.5) is 0 Å². The van der Waals surface area contributed by atoms with E-state index < -0.39 is 5.54 Å². The standard InChI is InChI=1S/C13H18N2O2S/c1-4-9(10-6-5-7-18-10)15-8-11(16)14-13(2,3)12(15)17/h5-7,9H,4,8H2,1-3H3,(H,14,16). The molecule has 1 N–H and O–H groups in total. The van der Waals surface area contributed by atoms with E-state index >= 15 is 0 Å². The first-order valence-corrected chi connectivity index (χ1v) is 6.99. The molecule has 0 saturated carbocycles. The van der Waals surface area contributed by atoms with Crippen molar-refractivity contribution in [3.05, 3.63) is 22.4 Å². The van der Waals surface area contributed by atoms with Gasteiger partial charge in [-0.1, -0.05) is 13.0 Å². The number of thiophene rings is 1. The highest BCUT2D eigenvalue weighted by Gasteiger charge is 2.41. The maximum Gasteiger partial charge on any atom is 0.248 e. The molecule has 1 saturated heterocycles. The van der Waals surface area contributed by atoms with Crippen LogP contribution in [0.3, 0.4) is 0 Å². The minimum Gasteiger partial charge on any atom is -0.341 e. The number of amides is 2. The van der Waals surface area contributed by atoms with E-state index in [1.54, 1.807) is 30.1 Å². The lowest BCUT2D eigenvalue weighted by Crippen LogP contribution is -2.64. The van der Waals surface area contributed by atoms with Crippen LogP contribution in [0, 0.1) is 0 Å². The average Bonchev–Trinajstić information content (AvgIpc) is 2.79. The third-order valence-corrected chi connectivity index (χ3v) is 4.17. The Labute approximate surface area is 111 Å². The molecule has 1 aromatic heterocycles. The normalized spacial score (nSPS) is 20.7. The van der Waals surface area contributed by atoms with E-state index in [1.165, 1.54) is 0 Å². The number of nitrogens with zero attached hydrogens (tertiary/aromatic N) is 1. The van der Waals surface area contributed by atoms with Crippen LogP contribution in [0.25, 0.3) is 0 Å². The summed E-state index contributed by atoms with van der Waals surface area (Å²) in [6.07, 6.45) is 0.815. The molecular formula is C13H18N2O2S. The molecule has 1 aliphatic heterocycles. The zero-order valence-corrected chi connectivity index (χ0v) is 11.7. The SMILES string of the molecule is CCC(c1cccs1)N1CC(=O)NC(C)(C)C1=O. The molecule has 1 aromatic rings. The monoisotopic (exact) mass is 266 g/mol. The van der Waals surface area contributed by atoms with Crippen molar-refractivity contribution in [1.29, 1.82) is 0 Å². The van der Waals surface area contributed by atoms with Crippen molar-refractivity contribution in [2.75, 3.05) is 6.54 Å².